The molecule has 206 valence electrons. The fourth-order valence-corrected chi connectivity index (χ4v) is 3.81. The van der Waals surface area contributed by atoms with Gasteiger partial charge in [0.15, 0.2) is 0 Å². The van der Waals surface area contributed by atoms with E-state index in [1.54, 1.807) is 12.1 Å². The van der Waals surface area contributed by atoms with Gasteiger partial charge < -0.3 is 24.4 Å². The number of benzene rings is 3. The van der Waals surface area contributed by atoms with Crippen molar-refractivity contribution >= 4 is 35.1 Å². The van der Waals surface area contributed by atoms with Crippen LogP contribution in [-0.4, -0.2) is 51.9 Å². The first-order valence-electron chi connectivity index (χ1n) is 13.0. The molecule has 0 unspecified atom stereocenters. The van der Waals surface area contributed by atoms with Crippen LogP contribution >= 0.6 is 0 Å². The molecule has 0 fully saturated rings. The maximum atomic E-state index is 11.8. The molecule has 0 atom stereocenters. The Morgan fingerprint density at radius 3 is 2.05 bits per heavy atom. The summed E-state index contributed by atoms with van der Waals surface area (Å²) in [5.74, 6) is -0.717. The quantitative estimate of drug-likeness (QED) is 0.138. The van der Waals surface area contributed by atoms with Crippen molar-refractivity contribution in [3.8, 4) is 17.4 Å². The van der Waals surface area contributed by atoms with Crippen molar-refractivity contribution in [2.75, 3.05) is 19.8 Å². The summed E-state index contributed by atoms with van der Waals surface area (Å²) in [6, 6.07) is 22.8. The first-order valence-corrected chi connectivity index (χ1v) is 13.0. The summed E-state index contributed by atoms with van der Waals surface area (Å²) in [6.07, 6.45) is 5.66. The Kier molecular flexibility index (Phi) is 10.0. The topological polar surface area (TPSA) is 128 Å². The van der Waals surface area contributed by atoms with Gasteiger partial charge >= 0.3 is 11.9 Å². The number of carbonyl (C=O) groups is 2. The summed E-state index contributed by atoms with van der Waals surface area (Å²) >= 11 is 0. The highest BCUT2D eigenvalue weighted by molar-refractivity contribution is 5.94. The normalized spacial score (nSPS) is 11.0. The van der Waals surface area contributed by atoms with E-state index in [9.17, 15) is 14.7 Å². The molecule has 0 spiro atoms. The number of ether oxygens (including phenoxy) is 3. The van der Waals surface area contributed by atoms with E-state index in [1.807, 2.05) is 72.8 Å². The van der Waals surface area contributed by atoms with Crippen LogP contribution in [0.25, 0.3) is 23.2 Å². The van der Waals surface area contributed by atoms with Crippen LogP contribution in [0, 0.1) is 0 Å². The lowest BCUT2D eigenvalue weighted by molar-refractivity contribution is -0.137. The molecule has 9 heteroatoms. The van der Waals surface area contributed by atoms with Crippen molar-refractivity contribution in [3.05, 3.63) is 89.6 Å². The van der Waals surface area contributed by atoms with Gasteiger partial charge in [-0.15, -0.1) is 0 Å². The Morgan fingerprint density at radius 1 is 0.700 bits per heavy atom. The van der Waals surface area contributed by atoms with Crippen molar-refractivity contribution in [1.29, 1.82) is 0 Å². The minimum atomic E-state index is -1.28. The van der Waals surface area contributed by atoms with E-state index in [1.165, 1.54) is 0 Å². The highest BCUT2D eigenvalue weighted by atomic mass is 16.5. The van der Waals surface area contributed by atoms with E-state index >= 15 is 0 Å². The van der Waals surface area contributed by atoms with E-state index in [-0.39, 0.29) is 31.0 Å². The maximum Gasteiger partial charge on any atom is 0.360 e. The lowest BCUT2D eigenvalue weighted by Gasteiger charge is -2.10. The van der Waals surface area contributed by atoms with E-state index in [4.69, 9.17) is 19.3 Å². The van der Waals surface area contributed by atoms with Crippen LogP contribution in [0.5, 0.6) is 17.4 Å². The zero-order valence-corrected chi connectivity index (χ0v) is 21.9. The van der Waals surface area contributed by atoms with Gasteiger partial charge in [0.25, 0.3) is 0 Å². The minimum absolute atomic E-state index is 0.0226. The second-order valence-electron chi connectivity index (χ2n) is 8.86. The molecule has 40 heavy (non-hydrogen) atoms. The van der Waals surface area contributed by atoms with Gasteiger partial charge in [-0.2, -0.15) is 0 Å². The molecule has 4 rings (SSSR count). The average molecular weight is 543 g/mol. The number of aromatic carboxylic acids is 1. The predicted molar refractivity (Wildman–Crippen MR) is 151 cm³/mol. The number of carboxylic acid groups (broad SMARTS) is 2. The standard InChI is InChI=1S/C31H30N2O7/c34-27(35)12-7-21-40-30-29(31(36)37)33-28-23(8-6-11-26(28)32-30)16-13-22-14-17-25(18-15-22)39-20-5-4-19-38-24-9-2-1-3-10-24/h1-3,6,8-11,13-18H,4-5,7,12,19-21H2,(H,34,35)(H,36,37)/b16-13+. The summed E-state index contributed by atoms with van der Waals surface area (Å²) < 4.78 is 17.0. The fourth-order valence-electron chi connectivity index (χ4n) is 3.81. The number of hydrogen-bond donors (Lipinski definition) is 2. The van der Waals surface area contributed by atoms with Gasteiger partial charge in [-0.3, -0.25) is 4.79 Å². The molecule has 0 saturated carbocycles. The van der Waals surface area contributed by atoms with Gasteiger partial charge in [-0.05, 0) is 55.2 Å². The van der Waals surface area contributed by atoms with Crippen molar-refractivity contribution in [1.82, 2.24) is 9.97 Å². The first-order chi connectivity index (χ1) is 19.5. The van der Waals surface area contributed by atoms with E-state index in [2.05, 4.69) is 9.97 Å². The number of carboxylic acids is 2. The second-order valence-corrected chi connectivity index (χ2v) is 8.86. The molecule has 0 aliphatic rings. The highest BCUT2D eigenvalue weighted by Gasteiger charge is 2.18. The fraction of sp³-hybridized carbons (Fsp3) is 0.226. The summed E-state index contributed by atoms with van der Waals surface area (Å²) in [5, 5.41) is 18.4. The third-order valence-electron chi connectivity index (χ3n) is 5.83. The summed E-state index contributed by atoms with van der Waals surface area (Å²) in [4.78, 5) is 31.1. The minimum Gasteiger partial charge on any atom is -0.494 e. The number of nitrogens with zero attached hydrogens (tertiary/aromatic N) is 2. The molecule has 3 aromatic carbocycles. The summed E-state index contributed by atoms with van der Waals surface area (Å²) in [7, 11) is 0. The van der Waals surface area contributed by atoms with Crippen molar-refractivity contribution in [2.45, 2.75) is 25.7 Å². The van der Waals surface area contributed by atoms with Crippen molar-refractivity contribution in [3.63, 3.8) is 0 Å². The number of aliphatic carboxylic acids is 1. The molecule has 1 heterocycles. The monoisotopic (exact) mass is 542 g/mol. The van der Waals surface area contributed by atoms with Crippen LogP contribution in [0.3, 0.4) is 0 Å². The molecule has 1 aromatic heterocycles. The lowest BCUT2D eigenvalue weighted by Crippen LogP contribution is -2.10. The van der Waals surface area contributed by atoms with E-state index in [0.717, 1.165) is 29.9 Å². The van der Waals surface area contributed by atoms with Gasteiger partial charge in [-0.1, -0.05) is 54.6 Å². The average Bonchev–Trinajstić information content (AvgIpc) is 2.96. The molecular formula is C31H30N2O7. The van der Waals surface area contributed by atoms with Gasteiger partial charge in [0.05, 0.1) is 30.9 Å². The van der Waals surface area contributed by atoms with E-state index in [0.29, 0.717) is 29.8 Å². The summed E-state index contributed by atoms with van der Waals surface area (Å²) in [6.45, 7) is 1.26. The first kappa shape index (κ1) is 28.1. The molecular weight excluding hydrogens is 512 g/mol. The summed E-state index contributed by atoms with van der Waals surface area (Å²) in [5.41, 5.74) is 2.20. The predicted octanol–water partition coefficient (Wildman–Crippen LogP) is 5.98. The Labute approximate surface area is 231 Å². The number of aromatic nitrogens is 2. The highest BCUT2D eigenvalue weighted by Crippen LogP contribution is 2.24. The van der Waals surface area contributed by atoms with Crippen LogP contribution in [0.1, 0.15) is 47.3 Å². The Balaban J connectivity index is 1.34. The number of hydrogen-bond acceptors (Lipinski definition) is 7. The molecule has 0 saturated heterocycles. The van der Waals surface area contributed by atoms with Crippen LogP contribution in [0.2, 0.25) is 0 Å². The van der Waals surface area contributed by atoms with Gasteiger partial charge in [-0.25, -0.2) is 14.8 Å². The van der Waals surface area contributed by atoms with Crippen LogP contribution in [0.15, 0.2) is 72.8 Å². The Bertz CT molecular complexity index is 1450. The Morgan fingerprint density at radius 2 is 1.38 bits per heavy atom. The van der Waals surface area contributed by atoms with Gasteiger partial charge in [0, 0.05) is 12.0 Å². The van der Waals surface area contributed by atoms with Crippen LogP contribution < -0.4 is 14.2 Å². The zero-order valence-electron chi connectivity index (χ0n) is 21.9. The molecule has 4 aromatic rings. The molecule has 0 radical (unpaired) electrons. The largest absolute Gasteiger partial charge is 0.494 e. The molecule has 0 aliphatic heterocycles. The lowest BCUT2D eigenvalue weighted by atomic mass is 10.1. The molecule has 0 amide bonds. The number of rotatable bonds is 15. The smallest absolute Gasteiger partial charge is 0.360 e. The van der Waals surface area contributed by atoms with Gasteiger partial charge in [0.2, 0.25) is 11.6 Å². The second kappa shape index (κ2) is 14.3. The number of unbranched alkanes of at least 4 members (excludes halogenated alkanes) is 1. The van der Waals surface area contributed by atoms with Crippen molar-refractivity contribution < 1.29 is 34.0 Å². The molecule has 0 bridgehead atoms. The Hall–Kier alpha value is -4.92. The third kappa shape index (κ3) is 8.29. The van der Waals surface area contributed by atoms with Crippen LogP contribution in [-0.2, 0) is 4.79 Å². The maximum absolute atomic E-state index is 11.8. The van der Waals surface area contributed by atoms with Crippen LogP contribution in [0.4, 0.5) is 0 Å². The molecule has 9 nitrogen and oxygen atoms in total. The van der Waals surface area contributed by atoms with Crippen molar-refractivity contribution in [2.24, 2.45) is 0 Å². The van der Waals surface area contributed by atoms with E-state index < -0.39 is 11.9 Å². The number of fused-ring (bicyclic) bond motifs is 1. The zero-order chi connectivity index (χ0) is 28.2. The van der Waals surface area contributed by atoms with Gasteiger partial charge in [0.1, 0.15) is 11.5 Å². The number of para-hydroxylation sites is 2. The molecule has 2 N–H and O–H groups in total. The SMILES string of the molecule is O=C(O)CCCOc1nc2cccc(/C=C/c3ccc(OCCCCOc4ccccc4)cc3)c2nc1C(=O)O. The molecule has 0 aliphatic carbocycles. The third-order valence-corrected chi connectivity index (χ3v) is 5.83.